The molecule has 1 aromatic carbocycles. The molecule has 2 nitrogen and oxygen atoms in total. The predicted molar refractivity (Wildman–Crippen MR) is 63.5 cm³/mol. The van der Waals surface area contributed by atoms with E-state index in [0.29, 0.717) is 0 Å². The maximum absolute atomic E-state index is 11.9. The molecule has 1 aromatic rings. The van der Waals surface area contributed by atoms with E-state index < -0.39 is 11.0 Å². The molecule has 0 aliphatic rings. The van der Waals surface area contributed by atoms with Crippen LogP contribution < -0.4 is 0 Å². The maximum atomic E-state index is 11.9. The Morgan fingerprint density at radius 3 is 2.14 bits per heavy atom. The number of hydrogen-bond donors (Lipinski definition) is 0. The summed E-state index contributed by atoms with van der Waals surface area (Å²) in [6.45, 7) is 5.64. The van der Waals surface area contributed by atoms with E-state index in [1.165, 1.54) is 0 Å². The molecule has 78 valence electrons. The standard InChI is InChI=1S/C10H14BrNOS/c1-3-12(4-2)14(13)10-7-5-9(11)6-8-10/h5-8H,3-4H2,1-2H3. The second kappa shape index (κ2) is 5.63. The van der Waals surface area contributed by atoms with Gasteiger partial charge in [-0.2, -0.15) is 0 Å². The minimum Gasteiger partial charge on any atom is -0.237 e. The molecule has 0 radical (unpaired) electrons. The Labute approximate surface area is 96.0 Å². The van der Waals surface area contributed by atoms with Crippen LogP contribution >= 0.6 is 15.9 Å². The number of nitrogens with zero attached hydrogens (tertiary/aromatic N) is 1. The molecular weight excluding hydrogens is 262 g/mol. The highest BCUT2D eigenvalue weighted by Gasteiger charge is 2.10. The zero-order valence-corrected chi connectivity index (χ0v) is 10.8. The van der Waals surface area contributed by atoms with E-state index in [4.69, 9.17) is 0 Å². The van der Waals surface area contributed by atoms with Crippen molar-refractivity contribution in [2.75, 3.05) is 13.1 Å². The van der Waals surface area contributed by atoms with Gasteiger partial charge in [-0.25, -0.2) is 8.51 Å². The molecule has 0 N–H and O–H groups in total. The van der Waals surface area contributed by atoms with E-state index in [-0.39, 0.29) is 0 Å². The van der Waals surface area contributed by atoms with Crippen LogP contribution in [-0.4, -0.2) is 21.6 Å². The summed E-state index contributed by atoms with van der Waals surface area (Å²) in [6, 6.07) is 7.60. The second-order valence-corrected chi connectivity index (χ2v) is 5.22. The van der Waals surface area contributed by atoms with Crippen LogP contribution in [-0.2, 0) is 11.0 Å². The zero-order valence-electron chi connectivity index (χ0n) is 8.37. The van der Waals surface area contributed by atoms with Gasteiger partial charge in [0, 0.05) is 17.6 Å². The summed E-state index contributed by atoms with van der Waals surface area (Å²) in [5.74, 6) is 0. The van der Waals surface area contributed by atoms with Crippen molar-refractivity contribution in [3.05, 3.63) is 28.7 Å². The van der Waals surface area contributed by atoms with Crippen molar-refractivity contribution in [3.8, 4) is 0 Å². The van der Waals surface area contributed by atoms with Crippen LogP contribution in [0.4, 0.5) is 0 Å². The van der Waals surface area contributed by atoms with Gasteiger partial charge in [-0.05, 0) is 24.3 Å². The predicted octanol–water partition coefficient (Wildman–Crippen LogP) is 2.81. The first kappa shape index (κ1) is 11.9. The summed E-state index contributed by atoms with van der Waals surface area (Å²) in [5.41, 5.74) is 0. The zero-order chi connectivity index (χ0) is 10.6. The van der Waals surface area contributed by atoms with Crippen molar-refractivity contribution < 1.29 is 4.21 Å². The fraction of sp³-hybridized carbons (Fsp3) is 0.400. The first-order valence-corrected chi connectivity index (χ1v) is 6.51. The van der Waals surface area contributed by atoms with Crippen LogP contribution in [0.3, 0.4) is 0 Å². The molecule has 1 atom stereocenters. The number of halogens is 1. The lowest BCUT2D eigenvalue weighted by Gasteiger charge is -2.16. The van der Waals surface area contributed by atoms with Gasteiger partial charge < -0.3 is 0 Å². The first-order chi connectivity index (χ1) is 6.69. The number of hydrogen-bond acceptors (Lipinski definition) is 1. The molecule has 14 heavy (non-hydrogen) atoms. The number of rotatable bonds is 4. The summed E-state index contributed by atoms with van der Waals surface area (Å²) in [5, 5.41) is 0. The summed E-state index contributed by atoms with van der Waals surface area (Å²) >= 11 is 3.35. The highest BCUT2D eigenvalue weighted by molar-refractivity contribution is 9.10. The lowest BCUT2D eigenvalue weighted by atomic mass is 10.4. The molecule has 0 aromatic heterocycles. The van der Waals surface area contributed by atoms with Gasteiger partial charge in [0.05, 0.1) is 4.90 Å². The molecule has 0 heterocycles. The SMILES string of the molecule is CCN(CC)S(=O)c1ccc(Br)cc1. The Bertz CT molecular complexity index is 308. The van der Waals surface area contributed by atoms with Crippen LogP contribution in [0.5, 0.6) is 0 Å². The van der Waals surface area contributed by atoms with Crippen molar-refractivity contribution >= 4 is 26.9 Å². The molecule has 0 saturated carbocycles. The Morgan fingerprint density at radius 1 is 1.21 bits per heavy atom. The number of benzene rings is 1. The van der Waals surface area contributed by atoms with Crippen molar-refractivity contribution in [1.82, 2.24) is 4.31 Å². The fourth-order valence-electron chi connectivity index (χ4n) is 1.16. The lowest BCUT2D eigenvalue weighted by Crippen LogP contribution is -2.25. The van der Waals surface area contributed by atoms with Gasteiger partial charge >= 0.3 is 0 Å². The topological polar surface area (TPSA) is 20.3 Å². The monoisotopic (exact) mass is 275 g/mol. The lowest BCUT2D eigenvalue weighted by molar-refractivity contribution is 0.489. The third-order valence-corrected chi connectivity index (χ3v) is 4.14. The maximum Gasteiger partial charge on any atom is 0.127 e. The van der Waals surface area contributed by atoms with Gasteiger partial charge in [-0.3, -0.25) is 0 Å². The average Bonchev–Trinajstić information content (AvgIpc) is 2.20. The van der Waals surface area contributed by atoms with Gasteiger partial charge in [0.2, 0.25) is 0 Å². The molecule has 1 unspecified atom stereocenters. The van der Waals surface area contributed by atoms with E-state index in [9.17, 15) is 4.21 Å². The Balaban J connectivity index is 2.83. The highest BCUT2D eigenvalue weighted by Crippen LogP contribution is 2.15. The van der Waals surface area contributed by atoms with Gasteiger partial charge in [-0.15, -0.1) is 0 Å². The smallest absolute Gasteiger partial charge is 0.127 e. The van der Waals surface area contributed by atoms with Gasteiger partial charge in [0.15, 0.2) is 0 Å². The van der Waals surface area contributed by atoms with Gasteiger partial charge in [0.1, 0.15) is 11.0 Å². The second-order valence-electron chi connectivity index (χ2n) is 2.82. The molecule has 0 aliphatic carbocycles. The fourth-order valence-corrected chi connectivity index (χ4v) is 2.56. The molecule has 0 bridgehead atoms. The Hall–Kier alpha value is -0.190. The molecule has 0 amide bonds. The molecule has 4 heteroatoms. The van der Waals surface area contributed by atoms with Crippen molar-refractivity contribution in [2.24, 2.45) is 0 Å². The van der Waals surface area contributed by atoms with E-state index >= 15 is 0 Å². The van der Waals surface area contributed by atoms with Crippen LogP contribution in [0.15, 0.2) is 33.6 Å². The van der Waals surface area contributed by atoms with E-state index in [0.717, 1.165) is 22.5 Å². The minimum absolute atomic E-state index is 0.805. The molecule has 0 aliphatic heterocycles. The molecule has 0 saturated heterocycles. The third-order valence-electron chi connectivity index (χ3n) is 1.96. The van der Waals surface area contributed by atoms with Crippen LogP contribution in [0.1, 0.15) is 13.8 Å². The normalized spacial score (nSPS) is 13.1. The largest absolute Gasteiger partial charge is 0.237 e. The van der Waals surface area contributed by atoms with Gasteiger partial charge in [-0.1, -0.05) is 29.8 Å². The highest BCUT2D eigenvalue weighted by atomic mass is 79.9. The van der Waals surface area contributed by atoms with Crippen LogP contribution in [0, 0.1) is 0 Å². The molecule has 1 rings (SSSR count). The summed E-state index contributed by atoms with van der Waals surface area (Å²) in [4.78, 5) is 0.858. The van der Waals surface area contributed by atoms with Crippen LogP contribution in [0.25, 0.3) is 0 Å². The third kappa shape index (κ3) is 2.90. The van der Waals surface area contributed by atoms with Crippen molar-refractivity contribution in [1.29, 1.82) is 0 Å². The summed E-state index contributed by atoms with van der Waals surface area (Å²) < 4.78 is 14.9. The van der Waals surface area contributed by atoms with E-state index in [1.807, 2.05) is 42.4 Å². The van der Waals surface area contributed by atoms with Crippen molar-refractivity contribution in [2.45, 2.75) is 18.7 Å². The van der Waals surface area contributed by atoms with Crippen LogP contribution in [0.2, 0.25) is 0 Å². The summed E-state index contributed by atoms with van der Waals surface area (Å²) in [7, 11) is -1.02. The quantitative estimate of drug-likeness (QED) is 0.828. The molecule has 0 fully saturated rings. The minimum atomic E-state index is -1.02. The van der Waals surface area contributed by atoms with Crippen molar-refractivity contribution in [3.63, 3.8) is 0 Å². The average molecular weight is 276 g/mol. The molecule has 0 spiro atoms. The summed E-state index contributed by atoms with van der Waals surface area (Å²) in [6.07, 6.45) is 0. The first-order valence-electron chi connectivity index (χ1n) is 4.61. The van der Waals surface area contributed by atoms with Gasteiger partial charge in [0.25, 0.3) is 0 Å². The Kier molecular flexibility index (Phi) is 4.78. The van der Waals surface area contributed by atoms with E-state index in [2.05, 4.69) is 15.9 Å². The van der Waals surface area contributed by atoms with E-state index in [1.54, 1.807) is 0 Å². The molecular formula is C10H14BrNOS. The Morgan fingerprint density at radius 2 is 1.71 bits per heavy atom.